The summed E-state index contributed by atoms with van der Waals surface area (Å²) in [4.78, 5) is 26.4. The quantitative estimate of drug-likeness (QED) is 0.459. The maximum Gasteiger partial charge on any atom is 0.320 e. The van der Waals surface area contributed by atoms with Gasteiger partial charge in [-0.15, -0.1) is 0 Å². The lowest BCUT2D eigenvalue weighted by Gasteiger charge is -2.24. The molecule has 0 spiro atoms. The average molecular weight is 356 g/mol. The number of nitro groups is 1. The summed E-state index contributed by atoms with van der Waals surface area (Å²) in [6.07, 6.45) is 0.881. The lowest BCUT2D eigenvalue weighted by Crippen LogP contribution is -2.35. The number of hydrogen-bond acceptors (Lipinski definition) is 6. The molecule has 0 saturated carbocycles. The number of anilines is 1. The molecule has 0 bridgehead atoms. The summed E-state index contributed by atoms with van der Waals surface area (Å²) in [6.45, 7) is 7.19. The molecule has 24 heavy (non-hydrogen) atoms. The van der Waals surface area contributed by atoms with E-state index in [9.17, 15) is 14.9 Å². The summed E-state index contributed by atoms with van der Waals surface area (Å²) in [5.41, 5.74) is 1.42. The van der Waals surface area contributed by atoms with Gasteiger partial charge in [0.25, 0.3) is 5.69 Å². The number of nitrogens with zero attached hydrogens (tertiary/aromatic N) is 3. The topological polar surface area (TPSA) is 75.9 Å². The normalized spacial score (nSPS) is 15.9. The zero-order valence-electron chi connectivity index (χ0n) is 14.0. The third kappa shape index (κ3) is 4.58. The molecule has 2 rings (SSSR count). The monoisotopic (exact) mass is 355 g/mol. The highest BCUT2D eigenvalue weighted by atomic mass is 35.5. The minimum absolute atomic E-state index is 0.0301. The van der Waals surface area contributed by atoms with Crippen molar-refractivity contribution in [1.82, 2.24) is 4.90 Å². The van der Waals surface area contributed by atoms with Crippen LogP contribution in [-0.2, 0) is 9.53 Å². The van der Waals surface area contributed by atoms with E-state index in [0.717, 1.165) is 25.2 Å². The first kappa shape index (κ1) is 18.5. The highest BCUT2D eigenvalue weighted by Crippen LogP contribution is 2.33. The van der Waals surface area contributed by atoms with Crippen LogP contribution in [0.5, 0.6) is 0 Å². The smallest absolute Gasteiger partial charge is 0.320 e. The van der Waals surface area contributed by atoms with Crippen molar-refractivity contribution in [2.75, 3.05) is 44.2 Å². The summed E-state index contributed by atoms with van der Waals surface area (Å²) in [6, 6.07) is 3.18. The highest BCUT2D eigenvalue weighted by molar-refractivity contribution is 6.33. The first-order valence-corrected chi connectivity index (χ1v) is 8.37. The van der Waals surface area contributed by atoms with E-state index in [1.54, 1.807) is 19.9 Å². The Morgan fingerprint density at radius 2 is 2.08 bits per heavy atom. The largest absolute Gasteiger partial charge is 0.465 e. The molecule has 1 fully saturated rings. The van der Waals surface area contributed by atoms with Crippen LogP contribution in [0.25, 0.3) is 0 Å². The van der Waals surface area contributed by atoms with Crippen LogP contribution in [0.4, 0.5) is 11.4 Å². The molecule has 1 saturated heterocycles. The molecule has 1 aliphatic heterocycles. The molecule has 0 unspecified atom stereocenters. The number of halogens is 1. The van der Waals surface area contributed by atoms with Gasteiger partial charge in [-0.3, -0.25) is 19.8 Å². The standard InChI is InChI=1S/C16H22ClN3O4/c1-3-24-16(21)11-18-5-4-6-19(8-7-18)15-9-12(2)14(20(22)23)10-13(15)17/h9-10H,3-8,11H2,1-2H3. The van der Waals surface area contributed by atoms with E-state index < -0.39 is 4.92 Å². The van der Waals surface area contributed by atoms with Crippen LogP contribution in [0.2, 0.25) is 5.02 Å². The van der Waals surface area contributed by atoms with E-state index in [4.69, 9.17) is 16.3 Å². The van der Waals surface area contributed by atoms with E-state index in [2.05, 4.69) is 9.80 Å². The Kier molecular flexibility index (Phi) is 6.39. The molecule has 1 aromatic carbocycles. The SMILES string of the molecule is CCOC(=O)CN1CCCN(c2cc(C)c([N+](=O)[O-])cc2Cl)CC1. The molecule has 7 nitrogen and oxygen atoms in total. The van der Waals surface area contributed by atoms with Gasteiger partial charge in [0.15, 0.2) is 0 Å². The fourth-order valence-corrected chi connectivity index (χ4v) is 3.13. The molecule has 8 heteroatoms. The zero-order valence-corrected chi connectivity index (χ0v) is 14.7. The number of benzene rings is 1. The van der Waals surface area contributed by atoms with Crippen molar-refractivity contribution in [3.8, 4) is 0 Å². The Morgan fingerprint density at radius 3 is 2.75 bits per heavy atom. The van der Waals surface area contributed by atoms with Crippen molar-refractivity contribution in [3.05, 3.63) is 32.8 Å². The number of carbonyl (C=O) groups excluding carboxylic acids is 1. The maximum absolute atomic E-state index is 11.6. The van der Waals surface area contributed by atoms with E-state index in [0.29, 0.717) is 30.3 Å². The third-order valence-corrected chi connectivity index (χ3v) is 4.35. The predicted molar refractivity (Wildman–Crippen MR) is 92.7 cm³/mol. The van der Waals surface area contributed by atoms with Gasteiger partial charge in [-0.05, 0) is 26.3 Å². The second kappa shape index (κ2) is 8.30. The number of rotatable bonds is 5. The Hall–Kier alpha value is -1.86. The molecule has 0 radical (unpaired) electrons. The number of ether oxygens (including phenoxy) is 1. The maximum atomic E-state index is 11.6. The van der Waals surface area contributed by atoms with Crippen molar-refractivity contribution in [2.45, 2.75) is 20.3 Å². The number of hydrogen-bond donors (Lipinski definition) is 0. The molecule has 132 valence electrons. The molecule has 0 amide bonds. The van der Waals surface area contributed by atoms with Crippen LogP contribution in [0.1, 0.15) is 18.9 Å². The Morgan fingerprint density at radius 1 is 1.33 bits per heavy atom. The molecule has 0 atom stereocenters. The summed E-state index contributed by atoms with van der Waals surface area (Å²) in [7, 11) is 0. The number of aryl methyl sites for hydroxylation is 1. The summed E-state index contributed by atoms with van der Waals surface area (Å²) in [5, 5.41) is 11.4. The van der Waals surface area contributed by atoms with Crippen LogP contribution in [0, 0.1) is 17.0 Å². The minimum Gasteiger partial charge on any atom is -0.465 e. The second-order valence-corrected chi connectivity index (χ2v) is 6.18. The molecule has 0 aliphatic carbocycles. The van der Waals surface area contributed by atoms with Gasteiger partial charge in [-0.1, -0.05) is 11.6 Å². The van der Waals surface area contributed by atoms with Crippen molar-refractivity contribution >= 4 is 28.9 Å². The van der Waals surface area contributed by atoms with Gasteiger partial charge in [-0.25, -0.2) is 0 Å². The van der Waals surface area contributed by atoms with Crippen LogP contribution in [0.15, 0.2) is 12.1 Å². The fraction of sp³-hybridized carbons (Fsp3) is 0.562. The molecule has 0 aromatic heterocycles. The van der Waals surface area contributed by atoms with E-state index >= 15 is 0 Å². The minimum atomic E-state index is -0.422. The molecule has 0 N–H and O–H groups in total. The lowest BCUT2D eigenvalue weighted by atomic mass is 10.1. The van der Waals surface area contributed by atoms with Gasteiger partial charge in [-0.2, -0.15) is 0 Å². The Balaban J connectivity index is 2.07. The van der Waals surface area contributed by atoms with Gasteiger partial charge in [0.05, 0.1) is 28.8 Å². The second-order valence-electron chi connectivity index (χ2n) is 5.77. The summed E-state index contributed by atoms with van der Waals surface area (Å²) >= 11 is 6.26. The van der Waals surface area contributed by atoms with Crippen molar-refractivity contribution in [2.24, 2.45) is 0 Å². The van der Waals surface area contributed by atoms with Gasteiger partial charge >= 0.3 is 5.97 Å². The van der Waals surface area contributed by atoms with Crippen molar-refractivity contribution in [1.29, 1.82) is 0 Å². The van der Waals surface area contributed by atoms with Gasteiger partial charge in [0.1, 0.15) is 0 Å². The van der Waals surface area contributed by atoms with Crippen molar-refractivity contribution in [3.63, 3.8) is 0 Å². The number of carbonyl (C=O) groups is 1. The predicted octanol–water partition coefficient (Wildman–Crippen LogP) is 2.63. The average Bonchev–Trinajstić information content (AvgIpc) is 2.74. The van der Waals surface area contributed by atoms with Crippen LogP contribution >= 0.6 is 11.6 Å². The number of nitro benzene ring substituents is 1. The molecular formula is C16H22ClN3O4. The molecule has 1 aromatic rings. The zero-order chi connectivity index (χ0) is 17.7. The van der Waals surface area contributed by atoms with Gasteiger partial charge < -0.3 is 9.64 Å². The van der Waals surface area contributed by atoms with Gasteiger partial charge in [0.2, 0.25) is 0 Å². The van der Waals surface area contributed by atoms with Crippen LogP contribution in [-0.4, -0.2) is 55.1 Å². The number of esters is 1. The van der Waals surface area contributed by atoms with Crippen LogP contribution < -0.4 is 4.90 Å². The fourth-order valence-electron chi connectivity index (χ4n) is 2.85. The van der Waals surface area contributed by atoms with E-state index in [1.165, 1.54) is 6.07 Å². The Labute approximate surface area is 146 Å². The summed E-state index contributed by atoms with van der Waals surface area (Å²) < 4.78 is 4.99. The Bertz CT molecular complexity index is 624. The molecule has 1 heterocycles. The third-order valence-electron chi connectivity index (χ3n) is 4.05. The highest BCUT2D eigenvalue weighted by Gasteiger charge is 2.21. The van der Waals surface area contributed by atoms with E-state index in [-0.39, 0.29) is 18.2 Å². The van der Waals surface area contributed by atoms with Crippen LogP contribution in [0.3, 0.4) is 0 Å². The summed E-state index contributed by atoms with van der Waals surface area (Å²) in [5.74, 6) is -0.213. The van der Waals surface area contributed by atoms with E-state index in [1.807, 2.05) is 0 Å². The van der Waals surface area contributed by atoms with Gasteiger partial charge in [0, 0.05) is 37.8 Å². The lowest BCUT2D eigenvalue weighted by molar-refractivity contribution is -0.385. The first-order chi connectivity index (χ1) is 11.4. The first-order valence-electron chi connectivity index (χ1n) is 7.99. The van der Waals surface area contributed by atoms with Crippen molar-refractivity contribution < 1.29 is 14.5 Å². The molecular weight excluding hydrogens is 334 g/mol. The molecule has 1 aliphatic rings.